The summed E-state index contributed by atoms with van der Waals surface area (Å²) in [4.78, 5) is 0. The Kier molecular flexibility index (Phi) is 1.49. The van der Waals surface area contributed by atoms with Gasteiger partial charge in [0.25, 0.3) is 0 Å². The Labute approximate surface area is 31.0 Å². The van der Waals surface area contributed by atoms with E-state index in [1.807, 2.05) is 0 Å². The molecule has 22 valence electrons. The number of thioether (sulfide) groups is 1. The maximum atomic E-state index is 7.66. The maximum Gasteiger partial charge on any atom is 0.133 e. The minimum atomic E-state index is 0.149. The summed E-state index contributed by atoms with van der Waals surface area (Å²) < 4.78 is 6.34. The molecule has 0 aliphatic heterocycles. The van der Waals surface area contributed by atoms with Crippen molar-refractivity contribution in [2.75, 3.05) is 6.23 Å². The molecule has 0 spiro atoms. The summed E-state index contributed by atoms with van der Waals surface area (Å²) in [5.41, 5.74) is 0. The van der Waals surface area contributed by atoms with Gasteiger partial charge < -0.3 is 0 Å². The molecule has 2 heteroatoms. The van der Waals surface area contributed by atoms with Gasteiger partial charge in [-0.25, -0.2) is 0 Å². The molecule has 0 N–H and O–H groups in total. The lowest BCUT2D eigenvalue weighted by Crippen LogP contribution is -1.27. The first-order valence-electron chi connectivity index (χ1n) is 1.42. The minimum absolute atomic E-state index is 0.149. The van der Waals surface area contributed by atoms with Crippen molar-refractivity contribution in [2.24, 2.45) is 0 Å². The highest BCUT2D eigenvalue weighted by Crippen LogP contribution is 1.78. The van der Waals surface area contributed by atoms with Crippen LogP contribution in [-0.4, -0.2) is 6.23 Å². The van der Waals surface area contributed by atoms with Crippen LogP contribution < -0.4 is 0 Å². The van der Waals surface area contributed by atoms with Crippen molar-refractivity contribution >= 4 is 11.8 Å². The van der Waals surface area contributed by atoms with Crippen molar-refractivity contribution in [1.82, 2.24) is 0 Å². The lowest BCUT2D eigenvalue weighted by molar-refractivity contribution is 1.57. The van der Waals surface area contributed by atoms with Gasteiger partial charge in [0.1, 0.15) is 5.40 Å². The maximum absolute atomic E-state index is 7.66. The summed E-state index contributed by atoms with van der Waals surface area (Å²) in [6, 6.07) is 0. The predicted molar refractivity (Wildman–Crippen MR) is 19.1 cm³/mol. The molecule has 0 fully saturated rings. The van der Waals surface area contributed by atoms with Crippen LogP contribution in [0.5, 0.6) is 0 Å². The van der Waals surface area contributed by atoms with E-state index in [1.165, 1.54) is 0 Å². The fraction of sp³-hybridized carbons (Fsp3) is 0.500. The van der Waals surface area contributed by atoms with Crippen LogP contribution in [0.4, 0.5) is 0 Å². The van der Waals surface area contributed by atoms with E-state index in [1.54, 1.807) is 5.40 Å². The highest BCUT2D eigenvalue weighted by Gasteiger charge is 1.49. The van der Waals surface area contributed by atoms with Gasteiger partial charge in [-0.3, -0.25) is 0 Å². The van der Waals surface area contributed by atoms with Gasteiger partial charge in [-0.1, -0.05) is 0 Å². The van der Waals surface area contributed by atoms with Crippen LogP contribution in [0.25, 0.3) is 0 Å². The van der Waals surface area contributed by atoms with E-state index in [9.17, 15) is 0 Å². The zero-order valence-electron chi connectivity index (χ0n) is 3.06. The van der Waals surface area contributed by atoms with Gasteiger partial charge in [0.2, 0.25) is 0 Å². The highest BCUT2D eigenvalue weighted by atomic mass is 32.2. The fourth-order valence-electron chi connectivity index (χ4n) is 0. The van der Waals surface area contributed by atoms with E-state index in [2.05, 4.69) is 0 Å². The van der Waals surface area contributed by atoms with Crippen LogP contribution in [0.15, 0.2) is 0 Å². The summed E-state index contributed by atoms with van der Waals surface area (Å²) in [6.07, 6.45) is 0.149. The second kappa shape index (κ2) is 2.84. The Bertz CT molecular complexity index is 48.1. The van der Waals surface area contributed by atoms with Crippen LogP contribution in [0.1, 0.15) is 1.37 Å². The zero-order chi connectivity index (χ0) is 4.12. The van der Waals surface area contributed by atoms with Crippen molar-refractivity contribution in [3.63, 3.8) is 0 Å². The normalized spacial score (nSPS) is 8.25. The summed E-state index contributed by atoms with van der Waals surface area (Å²) in [5.74, 6) is 0. The molecule has 1 nitrogen and oxygen atoms in total. The van der Waals surface area contributed by atoms with Crippen molar-refractivity contribution in [1.29, 1.82) is 5.26 Å². The lowest BCUT2D eigenvalue weighted by atomic mass is 11.8. The van der Waals surface area contributed by atoms with Gasteiger partial charge >= 0.3 is 0 Å². The van der Waals surface area contributed by atoms with Crippen molar-refractivity contribution in [3.05, 3.63) is 0 Å². The highest BCUT2D eigenvalue weighted by molar-refractivity contribution is 8.03. The molecule has 0 bridgehead atoms. The number of nitrogens with zero attached hydrogens (tertiary/aromatic N) is 1. The first-order valence-corrected chi connectivity index (χ1v) is 1.70. The number of hydrogen-bond donors (Lipinski definition) is 0. The quantitative estimate of drug-likeness (QED) is 0.398. The third-order valence-corrected chi connectivity index (χ3v) is 0.194. The smallest absolute Gasteiger partial charge is 0.133 e. The van der Waals surface area contributed by atoms with Crippen molar-refractivity contribution in [3.8, 4) is 5.40 Å². The van der Waals surface area contributed by atoms with Crippen LogP contribution in [0.2, 0.25) is 0 Å². The molecular formula is C2H3NS. The molecule has 0 rings (SSSR count). The Morgan fingerprint density at radius 2 is 3.25 bits per heavy atom. The van der Waals surface area contributed by atoms with E-state index in [0.717, 1.165) is 11.8 Å². The second-order valence-electron chi connectivity index (χ2n) is 0.236. The van der Waals surface area contributed by atoms with Crippen LogP contribution >= 0.6 is 11.8 Å². The summed E-state index contributed by atoms with van der Waals surface area (Å²) >= 11 is 0.935. The first kappa shape index (κ1) is 2.10. The molecule has 0 unspecified atom stereocenters. The second-order valence-corrected chi connectivity index (χ2v) is 0.707. The minimum Gasteiger partial charge on any atom is -0.185 e. The van der Waals surface area contributed by atoms with E-state index < -0.39 is 0 Å². The van der Waals surface area contributed by atoms with Crippen molar-refractivity contribution < 1.29 is 1.37 Å². The van der Waals surface area contributed by atoms with Crippen LogP contribution in [-0.2, 0) is 0 Å². The molecule has 0 aliphatic carbocycles. The fourth-order valence-corrected chi connectivity index (χ4v) is 0. The number of nitriles is 1. The average molecular weight is 75.1 g/mol. The average Bonchev–Trinajstić information content (AvgIpc) is 1.41. The molecule has 4 heavy (non-hydrogen) atoms. The SMILES string of the molecule is [3H]CSC#N. The van der Waals surface area contributed by atoms with E-state index in [0.29, 0.717) is 0 Å². The molecule has 0 radical (unpaired) electrons. The Morgan fingerprint density at radius 1 is 2.50 bits per heavy atom. The van der Waals surface area contributed by atoms with Gasteiger partial charge in [0.05, 0.1) is 0 Å². The molecule has 0 saturated heterocycles. The van der Waals surface area contributed by atoms with Gasteiger partial charge in [0.15, 0.2) is 0 Å². The molecule has 0 aromatic carbocycles. The Hall–Kier alpha value is -0.160. The molecule has 0 heterocycles. The van der Waals surface area contributed by atoms with Crippen molar-refractivity contribution in [2.45, 2.75) is 0 Å². The molecule has 0 aliphatic rings. The molecular weight excluding hydrogens is 70.1 g/mol. The summed E-state index contributed by atoms with van der Waals surface area (Å²) in [7, 11) is 0. The summed E-state index contributed by atoms with van der Waals surface area (Å²) in [5, 5.41) is 9.41. The molecule has 0 aromatic rings. The number of rotatable bonds is 0. The van der Waals surface area contributed by atoms with Gasteiger partial charge in [-0.2, -0.15) is 5.26 Å². The Balaban J connectivity index is 2.48. The topological polar surface area (TPSA) is 23.8 Å². The lowest BCUT2D eigenvalue weighted by Gasteiger charge is -1.47. The third kappa shape index (κ3) is 1.84. The predicted octanol–water partition coefficient (Wildman–Crippen LogP) is 0.830. The standard InChI is InChI=1S/C2H3NS/c1-4-2-3/h1H3/i1T. The van der Waals surface area contributed by atoms with Gasteiger partial charge in [-0.05, 0) is 18.0 Å². The van der Waals surface area contributed by atoms with E-state index >= 15 is 0 Å². The molecule has 0 aromatic heterocycles. The largest absolute Gasteiger partial charge is 0.185 e. The monoisotopic (exact) mass is 75.0 g/mol. The van der Waals surface area contributed by atoms with E-state index in [-0.39, 0.29) is 6.23 Å². The molecule has 0 atom stereocenters. The molecule has 0 saturated carbocycles. The Morgan fingerprint density at radius 3 is 3.25 bits per heavy atom. The number of thiocyanates is 1. The molecule has 0 amide bonds. The zero-order valence-corrected chi connectivity index (χ0v) is 2.88. The number of hydrogen-bond acceptors (Lipinski definition) is 2. The van der Waals surface area contributed by atoms with E-state index in [4.69, 9.17) is 6.63 Å². The third-order valence-electron chi connectivity index (χ3n) is 0.0645. The van der Waals surface area contributed by atoms with Gasteiger partial charge in [-0.15, -0.1) is 0 Å². The summed E-state index contributed by atoms with van der Waals surface area (Å²) in [6.45, 7) is 0. The van der Waals surface area contributed by atoms with Crippen LogP contribution in [0, 0.1) is 10.7 Å². The first-order chi connectivity index (χ1) is 2.41. The van der Waals surface area contributed by atoms with Crippen LogP contribution in [0.3, 0.4) is 0 Å². The van der Waals surface area contributed by atoms with Gasteiger partial charge in [0, 0.05) is 1.37 Å².